The second-order valence-corrected chi connectivity index (χ2v) is 7.46. The molecule has 0 bridgehead atoms. The second-order valence-electron chi connectivity index (χ2n) is 7.46. The fourth-order valence-electron chi connectivity index (χ4n) is 2.94. The number of halogens is 2. The first-order valence-corrected chi connectivity index (χ1v) is 9.22. The van der Waals surface area contributed by atoms with Crippen LogP contribution in [0.5, 0.6) is 0 Å². The maximum absolute atomic E-state index is 14.6. The van der Waals surface area contributed by atoms with Gasteiger partial charge in [-0.15, -0.1) is 0 Å². The Labute approximate surface area is 170 Å². The molecule has 1 aliphatic heterocycles. The number of nitrogens with two attached hydrogens (primary N) is 1. The Bertz CT molecular complexity index is 634. The number of carbonyl (C=O) groups is 3. The van der Waals surface area contributed by atoms with Crippen molar-refractivity contribution in [3.05, 3.63) is 0 Å². The highest BCUT2D eigenvalue weighted by molar-refractivity contribution is 5.91. The summed E-state index contributed by atoms with van der Waals surface area (Å²) in [5.41, 5.74) is 5.53. The monoisotopic (exact) mass is 442 g/mol. The van der Waals surface area contributed by atoms with Crippen LogP contribution in [0.1, 0.15) is 26.7 Å². The molecule has 1 rings (SSSR count). The number of ketones is 1. The summed E-state index contributed by atoms with van der Waals surface area (Å²) in [4.78, 5) is 34.8. The highest BCUT2D eigenvalue weighted by Crippen LogP contribution is 2.35. The van der Waals surface area contributed by atoms with Crippen molar-refractivity contribution in [3.8, 4) is 0 Å². The number of aliphatic carboxylic acids is 1. The molecule has 1 unspecified atom stereocenters. The Morgan fingerprint density at radius 3 is 2.20 bits per heavy atom. The second kappa shape index (κ2) is 10.5. The molecule has 0 saturated carbocycles. The minimum absolute atomic E-state index is 0.538. The van der Waals surface area contributed by atoms with Crippen LogP contribution in [-0.4, -0.2) is 98.3 Å². The van der Waals surface area contributed by atoms with Crippen LogP contribution in [-0.2, 0) is 19.1 Å². The SMILES string of the molecule is C[C@H](CC(=O)C(N)CC(F)(F)[C@@H]1O[C@H](CO)[C@H](O)[C@H](O)[C@H]1O)C(=O)N[C@@H](C)C(=O)O. The molecule has 30 heavy (non-hydrogen) atoms. The number of nitrogens with one attached hydrogen (secondary N) is 1. The normalized spacial score (nSPS) is 30.2. The molecule has 1 saturated heterocycles. The van der Waals surface area contributed by atoms with Gasteiger partial charge in [-0.3, -0.25) is 14.4 Å². The summed E-state index contributed by atoms with van der Waals surface area (Å²) in [6.07, 6.45) is -11.8. The maximum atomic E-state index is 14.6. The Balaban J connectivity index is 2.75. The zero-order valence-electron chi connectivity index (χ0n) is 16.4. The molecule has 0 aliphatic carbocycles. The van der Waals surface area contributed by atoms with Gasteiger partial charge in [0.15, 0.2) is 5.78 Å². The number of carboxylic acids is 1. The number of aliphatic hydroxyl groups is 4. The van der Waals surface area contributed by atoms with E-state index in [4.69, 9.17) is 20.7 Å². The van der Waals surface area contributed by atoms with E-state index in [1.165, 1.54) is 13.8 Å². The third-order valence-corrected chi connectivity index (χ3v) is 4.90. The van der Waals surface area contributed by atoms with Crippen LogP contribution in [0.2, 0.25) is 0 Å². The summed E-state index contributed by atoms with van der Waals surface area (Å²) in [6.45, 7) is 1.61. The molecule has 11 nitrogen and oxygen atoms in total. The van der Waals surface area contributed by atoms with Crippen LogP contribution in [0, 0.1) is 5.92 Å². The summed E-state index contributed by atoms with van der Waals surface area (Å²) < 4.78 is 34.0. The van der Waals surface area contributed by atoms with E-state index in [-0.39, 0.29) is 0 Å². The van der Waals surface area contributed by atoms with Crippen molar-refractivity contribution < 1.29 is 53.4 Å². The van der Waals surface area contributed by atoms with Crippen molar-refractivity contribution in [2.45, 2.75) is 75.2 Å². The lowest BCUT2D eigenvalue weighted by atomic mass is 9.88. The molecule has 13 heteroatoms. The van der Waals surface area contributed by atoms with Crippen LogP contribution in [0.3, 0.4) is 0 Å². The van der Waals surface area contributed by atoms with Gasteiger partial charge in [0.2, 0.25) is 5.91 Å². The third kappa shape index (κ3) is 6.36. The number of Topliss-reactive ketones (excluding diaryl/α,β-unsaturated/α-hetero) is 1. The molecular formula is C17H28F2N2O9. The third-order valence-electron chi connectivity index (χ3n) is 4.90. The quantitative estimate of drug-likeness (QED) is 0.188. The van der Waals surface area contributed by atoms with E-state index >= 15 is 0 Å². The van der Waals surface area contributed by atoms with Crippen molar-refractivity contribution in [1.29, 1.82) is 0 Å². The number of alkyl halides is 2. The molecule has 0 aromatic rings. The summed E-state index contributed by atoms with van der Waals surface area (Å²) in [7, 11) is 0. The number of carbonyl (C=O) groups excluding carboxylic acids is 2. The Hall–Kier alpha value is -1.77. The van der Waals surface area contributed by atoms with E-state index in [2.05, 4.69) is 5.32 Å². The maximum Gasteiger partial charge on any atom is 0.325 e. The van der Waals surface area contributed by atoms with E-state index in [0.717, 1.165) is 0 Å². The van der Waals surface area contributed by atoms with E-state index in [0.29, 0.717) is 0 Å². The molecule has 8 N–H and O–H groups in total. The van der Waals surface area contributed by atoms with E-state index in [9.17, 15) is 38.5 Å². The van der Waals surface area contributed by atoms with Gasteiger partial charge in [0.1, 0.15) is 36.6 Å². The largest absolute Gasteiger partial charge is 0.480 e. The van der Waals surface area contributed by atoms with Crippen LogP contribution >= 0.6 is 0 Å². The first-order chi connectivity index (χ1) is 13.7. The number of hydrogen-bond acceptors (Lipinski definition) is 9. The molecule has 174 valence electrons. The van der Waals surface area contributed by atoms with Gasteiger partial charge in [-0.05, 0) is 6.92 Å². The number of ether oxygens (including phenoxy) is 1. The van der Waals surface area contributed by atoms with Gasteiger partial charge >= 0.3 is 5.97 Å². The molecule has 0 radical (unpaired) electrons. The predicted molar refractivity (Wildman–Crippen MR) is 95.3 cm³/mol. The fourth-order valence-corrected chi connectivity index (χ4v) is 2.94. The van der Waals surface area contributed by atoms with Gasteiger partial charge < -0.3 is 41.3 Å². The molecule has 1 aliphatic rings. The van der Waals surface area contributed by atoms with Gasteiger partial charge in [0, 0.05) is 18.8 Å². The lowest BCUT2D eigenvalue weighted by Gasteiger charge is -2.43. The molecule has 1 heterocycles. The fraction of sp³-hybridized carbons (Fsp3) is 0.824. The molecule has 0 spiro atoms. The van der Waals surface area contributed by atoms with E-state index < -0.39 is 91.6 Å². The first kappa shape index (κ1) is 26.3. The van der Waals surface area contributed by atoms with Crippen molar-refractivity contribution in [2.24, 2.45) is 11.7 Å². The van der Waals surface area contributed by atoms with Crippen molar-refractivity contribution in [2.75, 3.05) is 6.61 Å². The minimum Gasteiger partial charge on any atom is -0.480 e. The highest BCUT2D eigenvalue weighted by atomic mass is 19.3. The average Bonchev–Trinajstić information content (AvgIpc) is 2.65. The lowest BCUT2D eigenvalue weighted by Crippen LogP contribution is -2.63. The topological polar surface area (TPSA) is 200 Å². The van der Waals surface area contributed by atoms with E-state index in [1.54, 1.807) is 0 Å². The van der Waals surface area contributed by atoms with E-state index in [1.807, 2.05) is 0 Å². The standard InChI is InChI=1S/C17H28F2N2O9/c1-6(15(27)21-7(2)16(28)29)3-9(23)8(20)4-17(18,19)14-13(26)12(25)11(24)10(5-22)30-14/h6-8,10-14,22,24-26H,3-5,20H2,1-2H3,(H,21,27)(H,28,29)/t6-,7+,8?,10-,11+,12+,13-,14-/m1/s1. The summed E-state index contributed by atoms with van der Waals surface area (Å²) in [6, 6.07) is -2.97. The molecule has 0 aromatic heterocycles. The van der Waals surface area contributed by atoms with Crippen molar-refractivity contribution in [1.82, 2.24) is 5.32 Å². The lowest BCUT2D eigenvalue weighted by molar-refractivity contribution is -0.281. The number of amides is 1. The highest BCUT2D eigenvalue weighted by Gasteiger charge is 2.55. The predicted octanol–water partition coefficient (Wildman–Crippen LogP) is -2.63. The zero-order chi connectivity index (χ0) is 23.4. The van der Waals surface area contributed by atoms with Gasteiger partial charge in [-0.2, -0.15) is 0 Å². The smallest absolute Gasteiger partial charge is 0.325 e. The van der Waals surface area contributed by atoms with Crippen LogP contribution in [0.4, 0.5) is 8.78 Å². The Kier molecular flexibility index (Phi) is 9.20. The number of hydrogen-bond donors (Lipinski definition) is 7. The van der Waals surface area contributed by atoms with Crippen LogP contribution < -0.4 is 11.1 Å². The summed E-state index contributed by atoms with van der Waals surface area (Å²) in [5, 5.41) is 49.1. The van der Waals surface area contributed by atoms with Gasteiger partial charge in [0.05, 0.1) is 12.6 Å². The molecule has 0 aromatic carbocycles. The van der Waals surface area contributed by atoms with Crippen LogP contribution in [0.25, 0.3) is 0 Å². The Morgan fingerprint density at radius 2 is 1.70 bits per heavy atom. The summed E-state index contributed by atoms with van der Waals surface area (Å²) >= 11 is 0. The number of rotatable bonds is 10. The number of aliphatic hydroxyl groups excluding tert-OH is 4. The van der Waals surface area contributed by atoms with Gasteiger partial charge in [-0.1, -0.05) is 6.92 Å². The summed E-state index contributed by atoms with van der Waals surface area (Å²) in [5.74, 6) is -7.94. The van der Waals surface area contributed by atoms with Gasteiger partial charge in [-0.25, -0.2) is 8.78 Å². The molecule has 1 amide bonds. The zero-order valence-corrected chi connectivity index (χ0v) is 16.4. The molecular weight excluding hydrogens is 414 g/mol. The molecule has 1 fully saturated rings. The van der Waals surface area contributed by atoms with Crippen molar-refractivity contribution in [3.63, 3.8) is 0 Å². The average molecular weight is 442 g/mol. The van der Waals surface area contributed by atoms with Crippen LogP contribution in [0.15, 0.2) is 0 Å². The molecule has 8 atom stereocenters. The van der Waals surface area contributed by atoms with Gasteiger partial charge in [0.25, 0.3) is 5.92 Å². The Morgan fingerprint density at radius 1 is 1.13 bits per heavy atom. The minimum atomic E-state index is -3.92. The van der Waals surface area contributed by atoms with Crippen molar-refractivity contribution >= 4 is 17.7 Å². The number of carboxylic acid groups (broad SMARTS) is 1. The first-order valence-electron chi connectivity index (χ1n) is 9.22.